The summed E-state index contributed by atoms with van der Waals surface area (Å²) in [6.45, 7) is 0.221. The molecule has 5 rings (SSSR count). The lowest BCUT2D eigenvalue weighted by molar-refractivity contribution is -0.119. The number of amides is 2. The Bertz CT molecular complexity index is 1360. The van der Waals surface area contributed by atoms with Crippen LogP contribution in [0, 0.1) is 0 Å². The molecular weight excluding hydrogens is 464 g/mol. The highest BCUT2D eigenvalue weighted by Gasteiger charge is 2.23. The van der Waals surface area contributed by atoms with Gasteiger partial charge in [-0.2, -0.15) is 0 Å². The van der Waals surface area contributed by atoms with E-state index in [0.717, 1.165) is 43.0 Å². The summed E-state index contributed by atoms with van der Waals surface area (Å²) in [5, 5.41) is 1.11. The van der Waals surface area contributed by atoms with Crippen molar-refractivity contribution >= 4 is 45.1 Å². The smallest absolute Gasteiger partial charge is 0.305 e. The summed E-state index contributed by atoms with van der Waals surface area (Å²) in [6, 6.07) is 6.63. The number of carbonyl (C=O) groups excluding carboxylic acids is 2. The molecule has 0 saturated carbocycles. The van der Waals surface area contributed by atoms with Gasteiger partial charge in [0.2, 0.25) is 5.91 Å². The lowest BCUT2D eigenvalue weighted by Crippen LogP contribution is -2.42. The van der Waals surface area contributed by atoms with Crippen molar-refractivity contribution < 1.29 is 18.4 Å². The molecule has 170 valence electrons. The number of hydrogen-bond donors (Lipinski definition) is 2. The van der Waals surface area contributed by atoms with E-state index in [9.17, 15) is 14.4 Å². The van der Waals surface area contributed by atoms with Crippen LogP contribution in [0.4, 0.5) is 0 Å². The van der Waals surface area contributed by atoms with E-state index in [1.807, 2.05) is 0 Å². The molecule has 1 aliphatic carbocycles. The van der Waals surface area contributed by atoms with Crippen molar-refractivity contribution in [3.05, 3.63) is 69.1 Å². The molecule has 0 aromatic carbocycles. The van der Waals surface area contributed by atoms with E-state index in [0.29, 0.717) is 21.1 Å². The monoisotopic (exact) mass is 484 g/mol. The van der Waals surface area contributed by atoms with E-state index in [-0.39, 0.29) is 23.6 Å². The predicted molar refractivity (Wildman–Crippen MR) is 123 cm³/mol. The number of hydrogen-bond acceptors (Lipinski definition) is 8. The van der Waals surface area contributed by atoms with Crippen LogP contribution < -0.4 is 16.4 Å². The molecule has 2 amide bonds. The molecule has 1 aliphatic rings. The second-order valence-corrected chi connectivity index (χ2v) is 9.55. The second kappa shape index (κ2) is 9.28. The number of furan rings is 2. The van der Waals surface area contributed by atoms with E-state index in [2.05, 4.69) is 10.9 Å². The SMILES string of the molecule is O=C(CSc1nc2sc3c(c2c(=O)n1Cc1ccco1)CCCC3)NNC(=O)c1ccco1. The van der Waals surface area contributed by atoms with Crippen LogP contribution in [0.3, 0.4) is 0 Å². The highest BCUT2D eigenvalue weighted by Crippen LogP contribution is 2.34. The summed E-state index contributed by atoms with van der Waals surface area (Å²) < 4.78 is 12.0. The van der Waals surface area contributed by atoms with Crippen molar-refractivity contribution in [2.24, 2.45) is 0 Å². The minimum atomic E-state index is -0.559. The second-order valence-electron chi connectivity index (χ2n) is 7.52. The van der Waals surface area contributed by atoms with E-state index < -0.39 is 11.8 Å². The predicted octanol–water partition coefficient (Wildman–Crippen LogP) is 3.12. The first kappa shape index (κ1) is 21.5. The fourth-order valence-electron chi connectivity index (χ4n) is 3.79. The zero-order valence-corrected chi connectivity index (χ0v) is 19.1. The number of rotatable bonds is 6. The molecule has 4 aromatic heterocycles. The van der Waals surface area contributed by atoms with Gasteiger partial charge in [0.1, 0.15) is 10.6 Å². The largest absolute Gasteiger partial charge is 0.467 e. The Labute approximate surface area is 196 Å². The first-order valence-corrected chi connectivity index (χ1v) is 12.2. The van der Waals surface area contributed by atoms with E-state index in [4.69, 9.17) is 13.8 Å². The quantitative estimate of drug-likeness (QED) is 0.245. The van der Waals surface area contributed by atoms with Crippen molar-refractivity contribution in [2.45, 2.75) is 37.4 Å². The number of nitrogens with one attached hydrogen (secondary N) is 2. The molecule has 0 unspecified atom stereocenters. The van der Waals surface area contributed by atoms with Gasteiger partial charge in [0, 0.05) is 4.88 Å². The average Bonchev–Trinajstić information content (AvgIpc) is 3.58. The van der Waals surface area contributed by atoms with Crippen LogP contribution in [0.15, 0.2) is 55.6 Å². The first-order chi connectivity index (χ1) is 16.1. The third-order valence-corrected chi connectivity index (χ3v) is 7.49. The molecule has 0 fully saturated rings. The third-order valence-electron chi connectivity index (χ3n) is 5.33. The van der Waals surface area contributed by atoms with Gasteiger partial charge in [0.15, 0.2) is 10.9 Å². The minimum absolute atomic E-state index is 0.0420. The maximum atomic E-state index is 13.5. The maximum absolute atomic E-state index is 13.5. The van der Waals surface area contributed by atoms with Gasteiger partial charge in [-0.05, 0) is 55.5 Å². The van der Waals surface area contributed by atoms with Gasteiger partial charge in [-0.25, -0.2) is 4.98 Å². The van der Waals surface area contributed by atoms with Crippen LogP contribution in [0.25, 0.3) is 10.2 Å². The highest BCUT2D eigenvalue weighted by molar-refractivity contribution is 7.99. The van der Waals surface area contributed by atoms with Crippen LogP contribution in [0.1, 0.15) is 39.6 Å². The summed E-state index contributed by atoms with van der Waals surface area (Å²) in [5.41, 5.74) is 5.64. The first-order valence-electron chi connectivity index (χ1n) is 10.4. The molecule has 0 atom stereocenters. The molecule has 0 radical (unpaired) electrons. The summed E-state index contributed by atoms with van der Waals surface area (Å²) in [4.78, 5) is 44.4. The molecule has 4 heterocycles. The topological polar surface area (TPSA) is 119 Å². The number of aryl methyl sites for hydroxylation is 2. The van der Waals surface area contributed by atoms with Crippen LogP contribution in [0.2, 0.25) is 0 Å². The Balaban J connectivity index is 1.38. The molecule has 0 aliphatic heterocycles. The summed E-state index contributed by atoms with van der Waals surface area (Å²) >= 11 is 2.69. The van der Waals surface area contributed by atoms with Crippen molar-refractivity contribution in [1.82, 2.24) is 20.4 Å². The number of thiophene rings is 1. The molecule has 0 bridgehead atoms. The third kappa shape index (κ3) is 4.46. The number of thioether (sulfide) groups is 1. The molecular formula is C22H20N4O5S2. The molecule has 0 spiro atoms. The van der Waals surface area contributed by atoms with Crippen molar-refractivity contribution in [3.8, 4) is 0 Å². The Morgan fingerprint density at radius 1 is 1.12 bits per heavy atom. The molecule has 0 saturated heterocycles. The summed E-state index contributed by atoms with van der Waals surface area (Å²) in [7, 11) is 0. The van der Waals surface area contributed by atoms with Gasteiger partial charge >= 0.3 is 5.91 Å². The molecule has 33 heavy (non-hydrogen) atoms. The van der Waals surface area contributed by atoms with E-state index in [1.54, 1.807) is 40.4 Å². The molecule has 4 aromatic rings. The highest BCUT2D eigenvalue weighted by atomic mass is 32.2. The van der Waals surface area contributed by atoms with Gasteiger partial charge in [0.25, 0.3) is 5.56 Å². The number of aromatic nitrogens is 2. The fraction of sp³-hybridized carbons (Fsp3) is 0.273. The van der Waals surface area contributed by atoms with Crippen molar-refractivity contribution in [1.29, 1.82) is 0 Å². The van der Waals surface area contributed by atoms with E-state index in [1.165, 1.54) is 17.2 Å². The fourth-order valence-corrected chi connectivity index (χ4v) is 5.89. The summed E-state index contributed by atoms with van der Waals surface area (Å²) in [5.74, 6) is -0.330. The Kier molecular flexibility index (Phi) is 6.05. The zero-order valence-electron chi connectivity index (χ0n) is 17.5. The molecule has 11 heteroatoms. The molecule has 2 N–H and O–H groups in total. The maximum Gasteiger partial charge on any atom is 0.305 e. The van der Waals surface area contributed by atoms with Gasteiger partial charge < -0.3 is 8.83 Å². The number of nitrogens with zero attached hydrogens (tertiary/aromatic N) is 2. The Hall–Kier alpha value is -3.31. The average molecular weight is 485 g/mol. The minimum Gasteiger partial charge on any atom is -0.467 e. The van der Waals surface area contributed by atoms with Crippen LogP contribution >= 0.6 is 23.1 Å². The zero-order chi connectivity index (χ0) is 22.8. The Morgan fingerprint density at radius 3 is 2.73 bits per heavy atom. The van der Waals surface area contributed by atoms with Gasteiger partial charge in [0.05, 0.1) is 30.2 Å². The number of carbonyl (C=O) groups is 2. The van der Waals surface area contributed by atoms with E-state index >= 15 is 0 Å². The summed E-state index contributed by atoms with van der Waals surface area (Å²) in [6.07, 6.45) is 6.96. The van der Waals surface area contributed by atoms with Gasteiger partial charge in [-0.1, -0.05) is 11.8 Å². The van der Waals surface area contributed by atoms with Crippen LogP contribution in [0.5, 0.6) is 0 Å². The Morgan fingerprint density at radius 2 is 1.94 bits per heavy atom. The molecule has 9 nitrogen and oxygen atoms in total. The van der Waals surface area contributed by atoms with Gasteiger partial charge in [-0.3, -0.25) is 29.8 Å². The van der Waals surface area contributed by atoms with Crippen LogP contribution in [-0.2, 0) is 24.2 Å². The number of fused-ring (bicyclic) bond motifs is 3. The van der Waals surface area contributed by atoms with Crippen molar-refractivity contribution in [2.75, 3.05) is 5.75 Å². The lowest BCUT2D eigenvalue weighted by Gasteiger charge is -2.13. The standard InChI is InChI=1S/C22H20N4O5S2/c27-17(24-25-19(28)15-7-4-10-31-15)12-32-22-23-20-18(14-6-1-2-8-16(14)33-20)21(29)26(22)11-13-5-3-9-30-13/h3-5,7,9-10H,1-2,6,8,11-12H2,(H,24,27)(H,25,28). The van der Waals surface area contributed by atoms with Gasteiger partial charge in [-0.15, -0.1) is 11.3 Å². The van der Waals surface area contributed by atoms with Crippen LogP contribution in [-0.4, -0.2) is 27.1 Å². The van der Waals surface area contributed by atoms with Crippen molar-refractivity contribution in [3.63, 3.8) is 0 Å². The lowest BCUT2D eigenvalue weighted by atomic mass is 9.97. The normalized spacial score (nSPS) is 13.1. The number of hydrazine groups is 1.